The molecule has 2 aliphatic rings. The van der Waals surface area contributed by atoms with E-state index in [0.717, 1.165) is 24.4 Å². The van der Waals surface area contributed by atoms with Gasteiger partial charge in [-0.1, -0.05) is 18.2 Å². The number of rotatable bonds is 5. The molecule has 1 aromatic rings. The Labute approximate surface area is 143 Å². The van der Waals surface area contributed by atoms with Gasteiger partial charge in [-0.25, -0.2) is 0 Å². The van der Waals surface area contributed by atoms with Crippen LogP contribution in [0.1, 0.15) is 12.0 Å². The first-order valence-corrected chi connectivity index (χ1v) is 8.52. The molecule has 0 bridgehead atoms. The second-order valence-corrected chi connectivity index (χ2v) is 6.67. The molecular formula is C18H26N2O4. The van der Waals surface area contributed by atoms with Gasteiger partial charge in [0.05, 0.1) is 38.9 Å². The van der Waals surface area contributed by atoms with Crippen LogP contribution in [-0.2, 0) is 16.0 Å². The average molecular weight is 334 g/mol. The molecule has 1 amide bonds. The number of para-hydroxylation sites is 1. The summed E-state index contributed by atoms with van der Waals surface area (Å²) >= 11 is 0. The standard InChI is InChI=1S/C18H26N2O4/c1-23-16-5-3-2-4-15(16)12-17(21)20-7-6-18(22,14-20)13-19-8-10-24-11-9-19/h2-5,22H,6-14H2,1H3/t18-/m0/s1. The van der Waals surface area contributed by atoms with Crippen molar-refractivity contribution >= 4 is 5.91 Å². The van der Waals surface area contributed by atoms with E-state index >= 15 is 0 Å². The number of nitrogens with zero attached hydrogens (tertiary/aromatic N) is 2. The van der Waals surface area contributed by atoms with E-state index in [1.807, 2.05) is 24.3 Å². The highest BCUT2D eigenvalue weighted by atomic mass is 16.5. The highest BCUT2D eigenvalue weighted by Gasteiger charge is 2.39. The summed E-state index contributed by atoms with van der Waals surface area (Å²) in [5, 5.41) is 10.8. The molecule has 0 spiro atoms. The van der Waals surface area contributed by atoms with Gasteiger partial charge < -0.3 is 19.5 Å². The van der Waals surface area contributed by atoms with Crippen LogP contribution in [0.25, 0.3) is 0 Å². The Morgan fingerprint density at radius 2 is 2.04 bits per heavy atom. The number of morpholine rings is 1. The normalized spacial score (nSPS) is 25.0. The van der Waals surface area contributed by atoms with Crippen molar-refractivity contribution < 1.29 is 19.4 Å². The number of hydrogen-bond acceptors (Lipinski definition) is 5. The van der Waals surface area contributed by atoms with E-state index in [-0.39, 0.29) is 5.91 Å². The molecule has 2 aliphatic heterocycles. The number of methoxy groups -OCH3 is 1. The van der Waals surface area contributed by atoms with Gasteiger partial charge in [-0.3, -0.25) is 9.69 Å². The van der Waals surface area contributed by atoms with Crippen molar-refractivity contribution in [1.29, 1.82) is 0 Å². The Balaban J connectivity index is 1.57. The quantitative estimate of drug-likeness (QED) is 0.851. The van der Waals surface area contributed by atoms with E-state index in [1.54, 1.807) is 12.0 Å². The van der Waals surface area contributed by atoms with Crippen LogP contribution in [0.5, 0.6) is 5.75 Å². The monoisotopic (exact) mass is 334 g/mol. The number of β-amino-alcohol motifs (C(OH)–C–C–N with tert-alkyl or cyclic N) is 1. The van der Waals surface area contributed by atoms with E-state index < -0.39 is 5.60 Å². The lowest BCUT2D eigenvalue weighted by Gasteiger charge is -2.33. The van der Waals surface area contributed by atoms with Gasteiger partial charge in [0.2, 0.25) is 5.91 Å². The summed E-state index contributed by atoms with van der Waals surface area (Å²) in [6.45, 7) is 4.73. The minimum absolute atomic E-state index is 0.0393. The van der Waals surface area contributed by atoms with Gasteiger partial charge in [-0.15, -0.1) is 0 Å². The maximum Gasteiger partial charge on any atom is 0.227 e. The third-order valence-corrected chi connectivity index (χ3v) is 4.84. The highest BCUT2D eigenvalue weighted by molar-refractivity contribution is 5.80. The molecule has 2 heterocycles. The number of ether oxygens (including phenoxy) is 2. The van der Waals surface area contributed by atoms with Gasteiger partial charge in [0.25, 0.3) is 0 Å². The van der Waals surface area contributed by atoms with Crippen LogP contribution in [-0.4, -0.2) is 79.5 Å². The highest BCUT2D eigenvalue weighted by Crippen LogP contribution is 2.25. The van der Waals surface area contributed by atoms with Crippen LogP contribution in [0.4, 0.5) is 0 Å². The molecule has 0 unspecified atom stereocenters. The summed E-state index contributed by atoms with van der Waals surface area (Å²) in [5.74, 6) is 0.769. The molecule has 6 nitrogen and oxygen atoms in total. The van der Waals surface area contributed by atoms with Gasteiger partial charge in [-0.2, -0.15) is 0 Å². The summed E-state index contributed by atoms with van der Waals surface area (Å²) in [6, 6.07) is 7.57. The van der Waals surface area contributed by atoms with Crippen LogP contribution in [0.2, 0.25) is 0 Å². The first kappa shape index (κ1) is 17.2. The Hall–Kier alpha value is -1.63. The zero-order valence-corrected chi connectivity index (χ0v) is 14.2. The molecule has 132 valence electrons. The van der Waals surface area contributed by atoms with Crippen molar-refractivity contribution in [3.63, 3.8) is 0 Å². The fourth-order valence-electron chi connectivity index (χ4n) is 3.50. The Morgan fingerprint density at radius 3 is 2.79 bits per heavy atom. The molecule has 2 saturated heterocycles. The SMILES string of the molecule is COc1ccccc1CC(=O)N1CC[C@](O)(CN2CCOCC2)C1. The third-order valence-electron chi connectivity index (χ3n) is 4.84. The summed E-state index contributed by atoms with van der Waals surface area (Å²) in [7, 11) is 1.61. The second kappa shape index (κ2) is 7.51. The van der Waals surface area contributed by atoms with Crippen LogP contribution >= 0.6 is 0 Å². The maximum absolute atomic E-state index is 12.6. The number of amides is 1. The first-order chi connectivity index (χ1) is 11.6. The predicted octanol–water partition coefficient (Wildman–Crippen LogP) is 0.533. The molecule has 1 atom stereocenters. The van der Waals surface area contributed by atoms with Gasteiger partial charge in [-0.05, 0) is 12.5 Å². The summed E-state index contributed by atoms with van der Waals surface area (Å²) in [5.41, 5.74) is 0.0712. The van der Waals surface area contributed by atoms with E-state index in [1.165, 1.54) is 0 Å². The fraction of sp³-hybridized carbons (Fsp3) is 0.611. The number of carbonyl (C=O) groups is 1. The summed E-state index contributed by atoms with van der Waals surface area (Å²) < 4.78 is 10.7. The van der Waals surface area contributed by atoms with E-state index in [4.69, 9.17) is 9.47 Å². The molecule has 0 aliphatic carbocycles. The van der Waals surface area contributed by atoms with E-state index in [9.17, 15) is 9.90 Å². The largest absolute Gasteiger partial charge is 0.496 e. The number of benzene rings is 1. The number of likely N-dealkylation sites (tertiary alicyclic amines) is 1. The topological polar surface area (TPSA) is 62.2 Å². The molecule has 1 aromatic carbocycles. The molecular weight excluding hydrogens is 308 g/mol. The van der Waals surface area contributed by atoms with Crippen molar-refractivity contribution in [3.05, 3.63) is 29.8 Å². The van der Waals surface area contributed by atoms with Gasteiger partial charge in [0, 0.05) is 31.7 Å². The molecule has 1 N–H and O–H groups in total. The molecule has 3 rings (SSSR count). The molecule has 0 radical (unpaired) electrons. The lowest BCUT2D eigenvalue weighted by Crippen LogP contribution is -2.49. The lowest BCUT2D eigenvalue weighted by molar-refractivity contribution is -0.130. The molecule has 2 fully saturated rings. The van der Waals surface area contributed by atoms with Crippen LogP contribution < -0.4 is 4.74 Å². The van der Waals surface area contributed by atoms with E-state index in [0.29, 0.717) is 45.7 Å². The minimum atomic E-state index is -0.812. The fourth-order valence-corrected chi connectivity index (χ4v) is 3.50. The van der Waals surface area contributed by atoms with Gasteiger partial charge in [0.1, 0.15) is 5.75 Å². The summed E-state index contributed by atoms with van der Waals surface area (Å²) in [6.07, 6.45) is 0.930. The molecule has 6 heteroatoms. The maximum atomic E-state index is 12.6. The van der Waals surface area contributed by atoms with Crippen LogP contribution in [0.3, 0.4) is 0 Å². The zero-order valence-electron chi connectivity index (χ0n) is 14.2. The van der Waals surface area contributed by atoms with Crippen molar-refractivity contribution in [2.75, 3.05) is 53.0 Å². The predicted molar refractivity (Wildman–Crippen MR) is 90.1 cm³/mol. The zero-order chi connectivity index (χ0) is 17.0. The molecule has 0 aromatic heterocycles. The average Bonchev–Trinajstić information content (AvgIpc) is 2.98. The second-order valence-electron chi connectivity index (χ2n) is 6.67. The minimum Gasteiger partial charge on any atom is -0.496 e. The van der Waals surface area contributed by atoms with Crippen LogP contribution in [0, 0.1) is 0 Å². The number of carbonyl (C=O) groups excluding carboxylic acids is 1. The van der Waals surface area contributed by atoms with Crippen molar-refractivity contribution in [2.45, 2.75) is 18.4 Å². The lowest BCUT2D eigenvalue weighted by atomic mass is 10.0. The van der Waals surface area contributed by atoms with Crippen molar-refractivity contribution in [1.82, 2.24) is 9.80 Å². The van der Waals surface area contributed by atoms with Crippen LogP contribution in [0.15, 0.2) is 24.3 Å². The Morgan fingerprint density at radius 1 is 1.29 bits per heavy atom. The Bertz CT molecular complexity index is 574. The molecule has 0 saturated carbocycles. The van der Waals surface area contributed by atoms with Crippen molar-refractivity contribution in [3.8, 4) is 5.75 Å². The smallest absolute Gasteiger partial charge is 0.227 e. The number of hydrogen-bond donors (Lipinski definition) is 1. The number of aliphatic hydroxyl groups is 1. The van der Waals surface area contributed by atoms with Gasteiger partial charge >= 0.3 is 0 Å². The third kappa shape index (κ3) is 4.06. The Kier molecular flexibility index (Phi) is 5.38. The summed E-state index contributed by atoms with van der Waals surface area (Å²) in [4.78, 5) is 16.6. The first-order valence-electron chi connectivity index (χ1n) is 8.52. The van der Waals surface area contributed by atoms with E-state index in [2.05, 4.69) is 4.90 Å². The van der Waals surface area contributed by atoms with Gasteiger partial charge in [0.15, 0.2) is 0 Å². The van der Waals surface area contributed by atoms with Crippen molar-refractivity contribution in [2.24, 2.45) is 0 Å². The molecule has 24 heavy (non-hydrogen) atoms.